The fourth-order valence-electron chi connectivity index (χ4n) is 6.17. The lowest BCUT2D eigenvalue weighted by atomic mass is 9.89. The molecule has 2 aromatic carbocycles. The van der Waals surface area contributed by atoms with E-state index in [2.05, 4.69) is 15.6 Å². The van der Waals surface area contributed by atoms with Crippen LogP contribution in [0.4, 0.5) is 25.0 Å². The zero-order chi connectivity index (χ0) is 29.6. The summed E-state index contributed by atoms with van der Waals surface area (Å²) in [5.74, 6) is -3.23. The summed E-state index contributed by atoms with van der Waals surface area (Å²) in [6.45, 7) is 0.130. The minimum atomic E-state index is -1.40. The molecule has 3 aliphatic heterocycles. The first-order chi connectivity index (χ1) is 20.1. The number of fused-ring (bicyclic) bond motifs is 6. The van der Waals surface area contributed by atoms with E-state index in [9.17, 15) is 23.9 Å². The van der Waals surface area contributed by atoms with Gasteiger partial charge in [-0.3, -0.25) is 15.1 Å². The van der Waals surface area contributed by atoms with Gasteiger partial charge in [0.2, 0.25) is 5.91 Å². The summed E-state index contributed by atoms with van der Waals surface area (Å²) in [5.41, 5.74) is 0.895. The van der Waals surface area contributed by atoms with Crippen LogP contribution in [0, 0.1) is 11.6 Å². The van der Waals surface area contributed by atoms with Gasteiger partial charge in [-0.1, -0.05) is 24.4 Å². The van der Waals surface area contributed by atoms with Crippen molar-refractivity contribution in [2.75, 3.05) is 23.7 Å². The van der Waals surface area contributed by atoms with Crippen LogP contribution in [0.1, 0.15) is 49.3 Å². The van der Waals surface area contributed by atoms with Crippen LogP contribution >= 0.6 is 11.6 Å². The number of amides is 2. The van der Waals surface area contributed by atoms with Gasteiger partial charge in [-0.2, -0.15) is 0 Å². The van der Waals surface area contributed by atoms with E-state index >= 15 is 4.39 Å². The highest BCUT2D eigenvalue weighted by atomic mass is 35.5. The van der Waals surface area contributed by atoms with Crippen molar-refractivity contribution < 1.29 is 33.0 Å². The lowest BCUT2D eigenvalue weighted by Crippen LogP contribution is -2.44. The molecule has 1 saturated heterocycles. The number of hydrogen-bond donors (Lipinski definition) is 3. The van der Waals surface area contributed by atoms with E-state index < -0.39 is 41.3 Å². The van der Waals surface area contributed by atoms with Crippen LogP contribution in [0.2, 0.25) is 5.02 Å². The second kappa shape index (κ2) is 10.9. The maximum absolute atomic E-state index is 15.3. The number of ether oxygens (including phenoxy) is 1. The average Bonchev–Trinajstić information content (AvgIpc) is 3.37. The number of aliphatic carboxylic acids is 1. The smallest absolute Gasteiger partial charge is 0.412 e. The Labute approximate surface area is 244 Å². The molecule has 12 heteroatoms. The first-order valence-electron chi connectivity index (χ1n) is 13.7. The SMILES string of the molecule is O=C1Nc2ccc(Cl)c(F)c2[C@@]2(CCN(C(=O)[C@@H]3CCCCC(C(=O)O)Nc4ccc(F)cc4-c4ccnc3c4)C2)O1. The minimum absolute atomic E-state index is 0.0707. The predicted octanol–water partition coefficient (Wildman–Crippen LogP) is 5.89. The third kappa shape index (κ3) is 5.02. The van der Waals surface area contributed by atoms with Crippen molar-refractivity contribution in [1.29, 1.82) is 0 Å². The summed E-state index contributed by atoms with van der Waals surface area (Å²) >= 11 is 6.07. The lowest BCUT2D eigenvalue weighted by Gasteiger charge is -2.36. The summed E-state index contributed by atoms with van der Waals surface area (Å²) in [5, 5.41) is 15.2. The number of nitrogens with one attached hydrogen (secondary N) is 2. The van der Waals surface area contributed by atoms with Crippen LogP contribution < -0.4 is 10.6 Å². The molecule has 1 unspecified atom stereocenters. The Balaban J connectivity index is 1.35. The molecule has 3 aliphatic rings. The molecule has 1 fully saturated rings. The van der Waals surface area contributed by atoms with E-state index in [1.807, 2.05) is 0 Å². The number of nitrogens with zero attached hydrogens (tertiary/aromatic N) is 2. The zero-order valence-electron chi connectivity index (χ0n) is 22.3. The zero-order valence-corrected chi connectivity index (χ0v) is 23.1. The largest absolute Gasteiger partial charge is 0.480 e. The summed E-state index contributed by atoms with van der Waals surface area (Å²) in [4.78, 5) is 44.6. The molecule has 3 aromatic rings. The number of pyridine rings is 1. The van der Waals surface area contributed by atoms with Gasteiger partial charge in [0.25, 0.3) is 0 Å². The van der Waals surface area contributed by atoms with Crippen LogP contribution in [0.25, 0.3) is 11.1 Å². The molecule has 3 N–H and O–H groups in total. The molecule has 42 heavy (non-hydrogen) atoms. The standard InChI is InChI=1S/C30H27ClF2N4O5/c31-20-6-8-22-25(26(20)33)30(42-29(41)36-22)10-12-37(15-30)27(38)18-3-1-2-4-23(28(39)40)35-21-7-5-17(32)14-19(21)16-9-11-34-24(18)13-16/h5-9,11,13-14,18,23,35H,1-4,10,12,15H2,(H,36,41)(H,39,40)/t18-,23?,30+/m1/s1. The molecule has 9 nitrogen and oxygen atoms in total. The normalized spacial score (nSPS) is 23.4. The number of benzene rings is 2. The number of carboxylic acids is 1. The number of aromatic nitrogens is 1. The number of rotatable bonds is 2. The predicted molar refractivity (Wildman–Crippen MR) is 150 cm³/mol. The Hall–Kier alpha value is -4.25. The fourth-order valence-corrected chi connectivity index (χ4v) is 6.33. The number of carboxylic acid groups (broad SMARTS) is 1. The summed E-state index contributed by atoms with van der Waals surface area (Å²) in [7, 11) is 0. The Morgan fingerprint density at radius 1 is 1.10 bits per heavy atom. The number of carbonyl (C=O) groups excluding carboxylic acids is 2. The first-order valence-corrected chi connectivity index (χ1v) is 14.1. The molecule has 0 aliphatic carbocycles. The van der Waals surface area contributed by atoms with Gasteiger partial charge in [0, 0.05) is 30.4 Å². The molecule has 0 saturated carbocycles. The van der Waals surface area contributed by atoms with Crippen molar-refractivity contribution >= 4 is 40.9 Å². The molecule has 1 spiro atoms. The highest BCUT2D eigenvalue weighted by Crippen LogP contribution is 2.46. The van der Waals surface area contributed by atoms with Crippen molar-refractivity contribution in [3.05, 3.63) is 76.6 Å². The second-order valence-electron chi connectivity index (χ2n) is 10.8. The fraction of sp³-hybridized carbons (Fsp3) is 0.333. The van der Waals surface area contributed by atoms with Gasteiger partial charge < -0.3 is 20.1 Å². The lowest BCUT2D eigenvalue weighted by molar-refractivity contribution is -0.138. The minimum Gasteiger partial charge on any atom is -0.480 e. The third-order valence-corrected chi connectivity index (χ3v) is 8.50. The van der Waals surface area contributed by atoms with Gasteiger partial charge in [0.1, 0.15) is 11.9 Å². The van der Waals surface area contributed by atoms with E-state index in [4.69, 9.17) is 16.3 Å². The highest BCUT2D eigenvalue weighted by molar-refractivity contribution is 6.31. The molecular formula is C30H27ClF2N4O5. The van der Waals surface area contributed by atoms with E-state index in [1.54, 1.807) is 17.0 Å². The van der Waals surface area contributed by atoms with Gasteiger partial charge >= 0.3 is 12.1 Å². The molecule has 4 heterocycles. The quantitative estimate of drug-likeness (QED) is 0.337. The molecule has 3 atom stereocenters. The van der Waals surface area contributed by atoms with Crippen LogP contribution in [0.15, 0.2) is 48.7 Å². The Morgan fingerprint density at radius 3 is 2.69 bits per heavy atom. The maximum atomic E-state index is 15.3. The van der Waals surface area contributed by atoms with Gasteiger partial charge in [-0.05, 0) is 60.9 Å². The Morgan fingerprint density at radius 2 is 1.88 bits per heavy atom. The molecular weight excluding hydrogens is 570 g/mol. The van der Waals surface area contributed by atoms with E-state index in [-0.39, 0.29) is 41.7 Å². The second-order valence-corrected chi connectivity index (χ2v) is 11.2. The molecule has 1 aromatic heterocycles. The van der Waals surface area contributed by atoms with Gasteiger partial charge in [0.05, 0.1) is 34.4 Å². The third-order valence-electron chi connectivity index (χ3n) is 8.21. The van der Waals surface area contributed by atoms with Crippen LogP contribution in [0.3, 0.4) is 0 Å². The Bertz CT molecular complexity index is 1600. The monoisotopic (exact) mass is 596 g/mol. The van der Waals surface area contributed by atoms with E-state index in [1.165, 1.54) is 36.5 Å². The van der Waals surface area contributed by atoms with Crippen molar-refractivity contribution in [1.82, 2.24) is 9.88 Å². The van der Waals surface area contributed by atoms with Gasteiger partial charge in [-0.15, -0.1) is 0 Å². The number of anilines is 2. The van der Waals surface area contributed by atoms with Gasteiger partial charge in [0.15, 0.2) is 11.4 Å². The van der Waals surface area contributed by atoms with Crippen molar-refractivity contribution in [3.63, 3.8) is 0 Å². The number of hydrogen-bond acceptors (Lipinski definition) is 6. The van der Waals surface area contributed by atoms with E-state index in [0.29, 0.717) is 48.2 Å². The van der Waals surface area contributed by atoms with E-state index in [0.717, 1.165) is 0 Å². The van der Waals surface area contributed by atoms with Crippen LogP contribution in [-0.2, 0) is 19.9 Å². The average molecular weight is 597 g/mol. The van der Waals surface area contributed by atoms with Gasteiger partial charge in [-0.25, -0.2) is 18.4 Å². The maximum Gasteiger partial charge on any atom is 0.412 e. The van der Waals surface area contributed by atoms with Crippen molar-refractivity contribution in [2.45, 2.75) is 49.7 Å². The number of likely N-dealkylation sites (tertiary alicyclic amines) is 1. The molecule has 2 bridgehead atoms. The van der Waals surface area contributed by atoms with Crippen molar-refractivity contribution in [2.24, 2.45) is 0 Å². The van der Waals surface area contributed by atoms with Crippen molar-refractivity contribution in [3.8, 4) is 11.1 Å². The molecule has 6 rings (SSSR count). The molecule has 2 amide bonds. The molecule has 218 valence electrons. The summed E-state index contributed by atoms with van der Waals surface area (Å²) in [6.07, 6.45) is 2.68. The summed E-state index contributed by atoms with van der Waals surface area (Å²) in [6, 6.07) is 9.42. The number of carbonyl (C=O) groups is 3. The Kier molecular flexibility index (Phi) is 7.22. The number of halogens is 3. The highest BCUT2D eigenvalue weighted by Gasteiger charge is 2.51. The topological polar surface area (TPSA) is 121 Å². The van der Waals surface area contributed by atoms with Crippen LogP contribution in [-0.4, -0.2) is 52.1 Å². The molecule has 0 radical (unpaired) electrons. The van der Waals surface area contributed by atoms with Crippen LogP contribution in [0.5, 0.6) is 0 Å². The first kappa shape index (κ1) is 27.9. The summed E-state index contributed by atoms with van der Waals surface area (Å²) < 4.78 is 35.3.